The van der Waals surface area contributed by atoms with Crippen molar-refractivity contribution >= 4 is 27.3 Å². The predicted molar refractivity (Wildman–Crippen MR) is 108 cm³/mol. The molecule has 0 bridgehead atoms. The molecule has 0 saturated carbocycles. The van der Waals surface area contributed by atoms with E-state index in [-0.39, 0.29) is 16.5 Å². The number of benzene rings is 2. The highest BCUT2D eigenvalue weighted by molar-refractivity contribution is 7.91. The molecule has 150 valence electrons. The molecule has 0 spiro atoms. The molecule has 0 saturated heterocycles. The van der Waals surface area contributed by atoms with Crippen molar-refractivity contribution in [3.63, 3.8) is 0 Å². The number of amides is 1. The molecular formula is C20H18ClN3O4S. The Balaban J connectivity index is 1.77. The molecule has 7 nitrogen and oxygen atoms in total. The minimum Gasteiger partial charge on any atom is -0.350 e. The van der Waals surface area contributed by atoms with E-state index in [9.17, 15) is 18.0 Å². The van der Waals surface area contributed by atoms with Gasteiger partial charge in [-0.1, -0.05) is 35.9 Å². The van der Waals surface area contributed by atoms with Crippen molar-refractivity contribution in [3.05, 3.63) is 87.2 Å². The van der Waals surface area contributed by atoms with Crippen LogP contribution < -0.4 is 10.9 Å². The molecule has 29 heavy (non-hydrogen) atoms. The van der Waals surface area contributed by atoms with Gasteiger partial charge in [-0.15, -0.1) is 0 Å². The van der Waals surface area contributed by atoms with Crippen LogP contribution in [0.2, 0.25) is 5.02 Å². The Labute approximate surface area is 172 Å². The Kier molecular flexibility index (Phi) is 6.14. The highest BCUT2D eigenvalue weighted by Crippen LogP contribution is 2.18. The van der Waals surface area contributed by atoms with Crippen molar-refractivity contribution in [2.75, 3.05) is 0 Å². The lowest BCUT2D eigenvalue weighted by Crippen LogP contribution is -2.33. The van der Waals surface area contributed by atoms with Crippen LogP contribution in [0.3, 0.4) is 0 Å². The standard InChI is InChI=1S/C20H18ClN3O4S/c1-14-3-2-4-17(11-14)29(27,28)19-9-10-20(26)24(23-19)13-18(25)22-12-15-5-7-16(21)8-6-15/h2-11H,12-13H2,1H3,(H,22,25). The van der Waals surface area contributed by atoms with Crippen LogP contribution in [0.15, 0.2) is 75.4 Å². The first-order valence-corrected chi connectivity index (χ1v) is 10.5. The summed E-state index contributed by atoms with van der Waals surface area (Å²) in [4.78, 5) is 24.3. The third-order valence-corrected chi connectivity index (χ3v) is 6.01. The number of carbonyl (C=O) groups excluding carboxylic acids is 1. The number of sulfone groups is 1. The number of nitrogens with one attached hydrogen (secondary N) is 1. The van der Waals surface area contributed by atoms with Crippen LogP contribution in [-0.4, -0.2) is 24.1 Å². The van der Waals surface area contributed by atoms with Crippen LogP contribution in [0.25, 0.3) is 0 Å². The molecule has 0 aliphatic heterocycles. The van der Waals surface area contributed by atoms with Crippen LogP contribution in [0.4, 0.5) is 0 Å². The topological polar surface area (TPSA) is 98.1 Å². The number of rotatable bonds is 6. The Bertz CT molecular complexity index is 1200. The molecule has 3 aromatic rings. The van der Waals surface area contributed by atoms with Gasteiger partial charge in [0, 0.05) is 17.6 Å². The summed E-state index contributed by atoms with van der Waals surface area (Å²) in [6.07, 6.45) is 0. The fraction of sp³-hybridized carbons (Fsp3) is 0.150. The Morgan fingerprint density at radius 1 is 1.10 bits per heavy atom. The SMILES string of the molecule is Cc1cccc(S(=O)(=O)c2ccc(=O)n(CC(=O)NCc3ccc(Cl)cc3)n2)c1. The van der Waals surface area contributed by atoms with Gasteiger partial charge in [0.1, 0.15) is 6.54 Å². The molecule has 0 atom stereocenters. The quantitative estimate of drug-likeness (QED) is 0.646. The number of hydrogen-bond donors (Lipinski definition) is 1. The van der Waals surface area contributed by atoms with Gasteiger partial charge in [0.25, 0.3) is 5.56 Å². The minimum absolute atomic E-state index is 0.0717. The monoisotopic (exact) mass is 431 g/mol. The zero-order valence-corrected chi connectivity index (χ0v) is 17.1. The average Bonchev–Trinajstić information content (AvgIpc) is 2.69. The minimum atomic E-state index is -3.91. The maximum Gasteiger partial charge on any atom is 0.267 e. The van der Waals surface area contributed by atoms with Crippen molar-refractivity contribution in [2.24, 2.45) is 0 Å². The summed E-state index contributed by atoms with van der Waals surface area (Å²) in [7, 11) is -3.91. The Morgan fingerprint density at radius 3 is 2.52 bits per heavy atom. The summed E-state index contributed by atoms with van der Waals surface area (Å²) in [6, 6.07) is 15.5. The first-order valence-electron chi connectivity index (χ1n) is 8.67. The summed E-state index contributed by atoms with van der Waals surface area (Å²) in [5.74, 6) is -0.473. The van der Waals surface area contributed by atoms with Crippen molar-refractivity contribution in [1.82, 2.24) is 15.1 Å². The van der Waals surface area contributed by atoms with Crippen molar-refractivity contribution in [3.8, 4) is 0 Å². The molecule has 0 unspecified atom stereocenters. The number of hydrogen-bond acceptors (Lipinski definition) is 5. The second kappa shape index (κ2) is 8.59. The number of nitrogens with zero attached hydrogens (tertiary/aromatic N) is 2. The van der Waals surface area contributed by atoms with E-state index in [1.54, 1.807) is 43.3 Å². The molecule has 2 aromatic carbocycles. The van der Waals surface area contributed by atoms with Gasteiger partial charge < -0.3 is 5.32 Å². The summed E-state index contributed by atoms with van der Waals surface area (Å²) < 4.78 is 26.4. The van der Waals surface area contributed by atoms with E-state index in [2.05, 4.69) is 10.4 Å². The summed E-state index contributed by atoms with van der Waals surface area (Å²) >= 11 is 5.82. The van der Waals surface area contributed by atoms with Gasteiger partial charge in [0.05, 0.1) is 4.90 Å². The van der Waals surface area contributed by atoms with Gasteiger partial charge in [-0.3, -0.25) is 9.59 Å². The molecular weight excluding hydrogens is 414 g/mol. The Morgan fingerprint density at radius 2 is 1.83 bits per heavy atom. The number of carbonyl (C=O) groups is 1. The number of halogens is 1. The van der Waals surface area contributed by atoms with E-state index in [1.165, 1.54) is 12.1 Å². The molecule has 3 rings (SSSR count). The average molecular weight is 432 g/mol. The van der Waals surface area contributed by atoms with Crippen molar-refractivity contribution in [2.45, 2.75) is 29.9 Å². The maximum absolute atomic E-state index is 12.8. The second-order valence-corrected chi connectivity index (χ2v) is 8.72. The largest absolute Gasteiger partial charge is 0.350 e. The summed E-state index contributed by atoms with van der Waals surface area (Å²) in [6.45, 7) is 1.62. The lowest BCUT2D eigenvalue weighted by Gasteiger charge is -2.09. The molecule has 0 fully saturated rings. The summed E-state index contributed by atoms with van der Waals surface area (Å²) in [5.41, 5.74) is 1.04. The molecule has 1 N–H and O–H groups in total. The van der Waals surface area contributed by atoms with Crippen LogP contribution in [0.5, 0.6) is 0 Å². The number of aryl methyl sites for hydroxylation is 1. The number of aromatic nitrogens is 2. The van der Waals surface area contributed by atoms with E-state index in [0.717, 1.165) is 27.9 Å². The Hall–Kier alpha value is -2.97. The molecule has 0 aliphatic rings. The molecule has 9 heteroatoms. The van der Waals surface area contributed by atoms with Gasteiger partial charge in [-0.05, 0) is 48.4 Å². The van der Waals surface area contributed by atoms with Crippen molar-refractivity contribution < 1.29 is 13.2 Å². The van der Waals surface area contributed by atoms with Crippen LogP contribution >= 0.6 is 11.6 Å². The highest BCUT2D eigenvalue weighted by atomic mass is 35.5. The normalized spacial score (nSPS) is 11.2. The van der Waals surface area contributed by atoms with E-state index >= 15 is 0 Å². The molecule has 1 aromatic heterocycles. The maximum atomic E-state index is 12.8. The third-order valence-electron chi connectivity index (χ3n) is 4.11. The first kappa shape index (κ1) is 20.8. The lowest BCUT2D eigenvalue weighted by molar-refractivity contribution is -0.122. The smallest absolute Gasteiger partial charge is 0.267 e. The molecule has 0 radical (unpaired) electrons. The highest BCUT2D eigenvalue weighted by Gasteiger charge is 2.21. The zero-order valence-electron chi connectivity index (χ0n) is 15.5. The van der Waals surface area contributed by atoms with E-state index in [4.69, 9.17) is 11.6 Å². The lowest BCUT2D eigenvalue weighted by atomic mass is 10.2. The first-order chi connectivity index (χ1) is 13.8. The van der Waals surface area contributed by atoms with Gasteiger partial charge >= 0.3 is 0 Å². The van der Waals surface area contributed by atoms with Crippen LogP contribution in [0, 0.1) is 6.92 Å². The molecule has 1 amide bonds. The van der Waals surface area contributed by atoms with E-state index in [1.807, 2.05) is 0 Å². The van der Waals surface area contributed by atoms with Gasteiger partial charge in [0.2, 0.25) is 15.7 Å². The second-order valence-electron chi connectivity index (χ2n) is 6.39. The molecule has 1 heterocycles. The van der Waals surface area contributed by atoms with E-state index < -0.39 is 27.8 Å². The van der Waals surface area contributed by atoms with Crippen LogP contribution in [-0.2, 0) is 27.7 Å². The van der Waals surface area contributed by atoms with Gasteiger partial charge in [-0.2, -0.15) is 5.10 Å². The van der Waals surface area contributed by atoms with Crippen LogP contribution in [0.1, 0.15) is 11.1 Å². The zero-order chi connectivity index (χ0) is 21.0. The van der Waals surface area contributed by atoms with Crippen molar-refractivity contribution in [1.29, 1.82) is 0 Å². The van der Waals surface area contributed by atoms with E-state index in [0.29, 0.717) is 5.02 Å². The third kappa shape index (κ3) is 5.10. The molecule has 0 aliphatic carbocycles. The predicted octanol–water partition coefficient (Wildman–Crippen LogP) is 2.35. The fourth-order valence-corrected chi connectivity index (χ4v) is 4.00. The fourth-order valence-electron chi connectivity index (χ4n) is 2.58. The van der Waals surface area contributed by atoms with Gasteiger partial charge in [0.15, 0.2) is 5.03 Å². The van der Waals surface area contributed by atoms with Gasteiger partial charge in [-0.25, -0.2) is 13.1 Å². The summed E-state index contributed by atoms with van der Waals surface area (Å²) in [5, 5.41) is 6.84.